The van der Waals surface area contributed by atoms with Crippen molar-refractivity contribution in [2.24, 2.45) is 0 Å². The molecule has 1 aromatic rings. The molecule has 1 aromatic heterocycles. The number of aromatic nitrogens is 3. The number of carbonyl (C=O) groups is 4. The standard InChI is InChI=1S/C65H121N5O11S/c1-4-7-10-13-16-19-22-25-28-31-34-37-40-43-46-58(72)66-55(64(78)67-57-49-70(69-68-57)65-63(77)62(76)61(75)56(50-71)81-65)53-82-52-54(80-60(74)48-45-42-39-36-33-30-27-24-21-18-15-12-9-6-3)51-79-59(73)47-44-41-38-35-32-29-26-23-20-17-14-11-8-5-2/h49,54-56,61-63,65,71,75-77H,4-48,50-53H2,1-3H3,(H,66,72)(H,67,78)/t54-,55-,56?,61?,62?,63?,65+/m1/s1. The molecule has 0 aliphatic carbocycles. The summed E-state index contributed by atoms with van der Waals surface area (Å²) in [6, 6.07) is -1.05. The maximum absolute atomic E-state index is 14.0. The summed E-state index contributed by atoms with van der Waals surface area (Å²) in [5.41, 5.74) is 0. The number of ether oxygens (including phenoxy) is 3. The summed E-state index contributed by atoms with van der Waals surface area (Å²) in [5, 5.41) is 54.6. The number of aliphatic hydroxyl groups excluding tert-OH is 4. The molecule has 4 unspecified atom stereocenters. The summed E-state index contributed by atoms with van der Waals surface area (Å²) in [6.45, 7) is 6.02. The van der Waals surface area contributed by atoms with Crippen LogP contribution < -0.4 is 10.6 Å². The Morgan fingerprint density at radius 1 is 0.537 bits per heavy atom. The van der Waals surface area contributed by atoms with Gasteiger partial charge in [-0.05, 0) is 19.3 Å². The fourth-order valence-corrected chi connectivity index (χ4v) is 11.8. The van der Waals surface area contributed by atoms with E-state index in [1.54, 1.807) is 0 Å². The Labute approximate surface area is 502 Å². The summed E-state index contributed by atoms with van der Waals surface area (Å²) in [5.74, 6) is -1.28. The van der Waals surface area contributed by atoms with Crippen molar-refractivity contribution in [3.05, 3.63) is 6.20 Å². The van der Waals surface area contributed by atoms with Gasteiger partial charge >= 0.3 is 11.9 Å². The Balaban J connectivity index is 1.99. The summed E-state index contributed by atoms with van der Waals surface area (Å²) >= 11 is 1.30. The number of carbonyl (C=O) groups excluding carboxylic acids is 4. The van der Waals surface area contributed by atoms with Gasteiger partial charge in [0.1, 0.15) is 43.2 Å². The summed E-state index contributed by atoms with van der Waals surface area (Å²) in [7, 11) is 0. The molecule has 82 heavy (non-hydrogen) atoms. The number of rotatable bonds is 57. The second-order valence-corrected chi connectivity index (χ2v) is 24.9. The van der Waals surface area contributed by atoms with Gasteiger partial charge in [-0.3, -0.25) is 19.2 Å². The first-order valence-corrected chi connectivity index (χ1v) is 34.9. The molecule has 478 valence electrons. The fraction of sp³-hybridized carbons (Fsp3) is 0.908. The van der Waals surface area contributed by atoms with Crippen LogP contribution >= 0.6 is 11.8 Å². The normalized spacial score (nSPS) is 17.9. The second kappa shape index (κ2) is 52.5. The Hall–Kier alpha value is -2.83. The fourth-order valence-electron chi connectivity index (χ4n) is 10.8. The molecule has 0 radical (unpaired) electrons. The maximum Gasteiger partial charge on any atom is 0.306 e. The van der Waals surface area contributed by atoms with Crippen molar-refractivity contribution in [3.63, 3.8) is 0 Å². The lowest BCUT2D eigenvalue weighted by atomic mass is 9.98. The molecule has 1 fully saturated rings. The van der Waals surface area contributed by atoms with Gasteiger partial charge in [-0.2, -0.15) is 11.8 Å². The number of hydrogen-bond donors (Lipinski definition) is 6. The third kappa shape index (κ3) is 39.0. The van der Waals surface area contributed by atoms with E-state index in [0.29, 0.717) is 19.3 Å². The molecular weight excluding hydrogens is 1060 g/mol. The number of amides is 2. The molecule has 1 aliphatic heterocycles. The highest BCUT2D eigenvalue weighted by atomic mass is 32.2. The third-order valence-electron chi connectivity index (χ3n) is 16.1. The van der Waals surface area contributed by atoms with Crippen LogP contribution in [0.15, 0.2) is 6.20 Å². The van der Waals surface area contributed by atoms with Gasteiger partial charge in [-0.15, -0.1) is 5.10 Å². The zero-order valence-corrected chi connectivity index (χ0v) is 53.0. The van der Waals surface area contributed by atoms with Crippen molar-refractivity contribution >= 4 is 41.3 Å². The number of esters is 2. The number of hydrogen-bond acceptors (Lipinski definition) is 14. The van der Waals surface area contributed by atoms with Crippen LogP contribution in [-0.2, 0) is 33.4 Å². The van der Waals surface area contributed by atoms with Crippen LogP contribution in [0.1, 0.15) is 316 Å². The van der Waals surface area contributed by atoms with Crippen LogP contribution in [0.3, 0.4) is 0 Å². The predicted molar refractivity (Wildman–Crippen MR) is 333 cm³/mol. The molecule has 7 atom stereocenters. The van der Waals surface area contributed by atoms with Gasteiger partial charge in [-0.1, -0.05) is 276 Å². The molecule has 1 saturated heterocycles. The number of nitrogens with one attached hydrogen (secondary N) is 2. The Morgan fingerprint density at radius 2 is 0.927 bits per heavy atom. The first-order valence-electron chi connectivity index (χ1n) is 33.8. The molecule has 0 bridgehead atoms. The average Bonchev–Trinajstić information content (AvgIpc) is 4.04. The van der Waals surface area contributed by atoms with Crippen molar-refractivity contribution in [1.29, 1.82) is 0 Å². The third-order valence-corrected chi connectivity index (χ3v) is 17.3. The summed E-state index contributed by atoms with van der Waals surface area (Å²) in [4.78, 5) is 53.8. The largest absolute Gasteiger partial charge is 0.462 e. The van der Waals surface area contributed by atoms with E-state index in [9.17, 15) is 39.6 Å². The lowest BCUT2D eigenvalue weighted by Crippen LogP contribution is -2.56. The van der Waals surface area contributed by atoms with Gasteiger partial charge in [-0.25, -0.2) is 4.68 Å². The molecule has 2 heterocycles. The first-order chi connectivity index (χ1) is 40.0. The van der Waals surface area contributed by atoms with Gasteiger partial charge in [0.15, 0.2) is 12.0 Å². The molecule has 0 spiro atoms. The van der Waals surface area contributed by atoms with E-state index in [1.807, 2.05) is 0 Å². The van der Waals surface area contributed by atoms with Crippen molar-refractivity contribution < 1.29 is 53.8 Å². The highest BCUT2D eigenvalue weighted by Crippen LogP contribution is 2.28. The molecule has 2 amide bonds. The predicted octanol–water partition coefficient (Wildman–Crippen LogP) is 14.5. The second-order valence-electron chi connectivity index (χ2n) is 23.8. The summed E-state index contributed by atoms with van der Waals surface area (Å²) in [6.07, 6.45) is 44.8. The van der Waals surface area contributed by atoms with Gasteiger partial charge < -0.3 is 45.3 Å². The van der Waals surface area contributed by atoms with Gasteiger partial charge in [0.2, 0.25) is 11.8 Å². The maximum atomic E-state index is 14.0. The Morgan fingerprint density at radius 3 is 1.34 bits per heavy atom. The van der Waals surface area contributed by atoms with Gasteiger partial charge in [0.05, 0.1) is 12.8 Å². The van der Waals surface area contributed by atoms with E-state index in [2.05, 4.69) is 41.7 Å². The minimum Gasteiger partial charge on any atom is -0.462 e. The highest BCUT2D eigenvalue weighted by molar-refractivity contribution is 7.99. The lowest BCUT2D eigenvalue weighted by molar-refractivity contribution is -0.254. The molecule has 6 N–H and O–H groups in total. The first kappa shape index (κ1) is 75.3. The smallest absolute Gasteiger partial charge is 0.306 e. The minimum absolute atomic E-state index is 0.0285. The Bertz CT molecular complexity index is 1690. The number of aliphatic hydroxyl groups is 4. The zero-order chi connectivity index (χ0) is 59.5. The van der Waals surface area contributed by atoms with Crippen LogP contribution in [0.25, 0.3) is 0 Å². The average molecular weight is 1180 g/mol. The monoisotopic (exact) mass is 1180 g/mol. The molecule has 0 aromatic carbocycles. The lowest BCUT2D eigenvalue weighted by Gasteiger charge is -2.39. The van der Waals surface area contributed by atoms with E-state index in [1.165, 1.54) is 217 Å². The van der Waals surface area contributed by atoms with Crippen LogP contribution in [-0.4, -0.2) is 120 Å². The van der Waals surface area contributed by atoms with Gasteiger partial charge in [0, 0.05) is 30.8 Å². The van der Waals surface area contributed by atoms with Crippen LogP contribution in [0.2, 0.25) is 0 Å². The van der Waals surface area contributed by atoms with E-state index < -0.39 is 55.3 Å². The van der Waals surface area contributed by atoms with E-state index in [0.717, 1.165) is 62.5 Å². The number of unbranched alkanes of at least 4 members (excludes halogenated alkanes) is 39. The van der Waals surface area contributed by atoms with Gasteiger partial charge in [0.25, 0.3) is 0 Å². The van der Waals surface area contributed by atoms with E-state index in [4.69, 9.17) is 14.2 Å². The number of anilines is 1. The summed E-state index contributed by atoms with van der Waals surface area (Å²) < 4.78 is 18.4. The topological polar surface area (TPSA) is 232 Å². The van der Waals surface area contributed by atoms with Crippen LogP contribution in [0.5, 0.6) is 0 Å². The van der Waals surface area contributed by atoms with Crippen LogP contribution in [0.4, 0.5) is 5.82 Å². The SMILES string of the molecule is CCCCCCCCCCCCCCCCC(=O)N[C@H](CSC[C@@H](COC(=O)CCCCCCCCCCCCCCCC)OC(=O)CCCCCCCCCCCCCCCC)C(=O)Nc1cn([C@H]2OC(CO)C(O)C(O)C2O)nn1. The number of thioether (sulfide) groups is 1. The van der Waals surface area contributed by atoms with E-state index >= 15 is 0 Å². The Kier molecular flexibility index (Phi) is 48.2. The molecule has 17 heteroatoms. The molecule has 1 aliphatic rings. The minimum atomic E-state index is -1.64. The quantitative estimate of drug-likeness (QED) is 0.0263. The van der Waals surface area contributed by atoms with E-state index in [-0.39, 0.29) is 54.6 Å². The molecule has 16 nitrogen and oxygen atoms in total. The van der Waals surface area contributed by atoms with Crippen LogP contribution in [0, 0.1) is 0 Å². The molecule has 0 saturated carbocycles. The van der Waals surface area contributed by atoms with Crippen molar-refractivity contribution in [2.75, 3.05) is 30.0 Å². The highest BCUT2D eigenvalue weighted by Gasteiger charge is 2.45. The number of nitrogens with zero attached hydrogens (tertiary/aromatic N) is 3. The van der Waals surface area contributed by atoms with Crippen molar-refractivity contribution in [3.8, 4) is 0 Å². The molecule has 2 rings (SSSR count). The van der Waals surface area contributed by atoms with Crippen molar-refractivity contribution in [1.82, 2.24) is 20.3 Å². The zero-order valence-electron chi connectivity index (χ0n) is 52.2. The van der Waals surface area contributed by atoms with Crippen molar-refractivity contribution in [2.45, 2.75) is 352 Å². The molecular formula is C65H121N5O11S.